The van der Waals surface area contributed by atoms with E-state index in [1.165, 1.54) is 7.11 Å². The van der Waals surface area contributed by atoms with Crippen LogP contribution in [0.5, 0.6) is 5.75 Å². The number of ether oxygens (including phenoxy) is 2. The molecule has 22 heavy (non-hydrogen) atoms. The van der Waals surface area contributed by atoms with Gasteiger partial charge >= 0.3 is 5.97 Å². The fraction of sp³-hybridized carbons (Fsp3) is 0.167. The fourth-order valence-corrected chi connectivity index (χ4v) is 2.41. The van der Waals surface area contributed by atoms with Crippen molar-refractivity contribution in [1.82, 2.24) is 0 Å². The number of para-hydroxylation sites is 1. The largest absolute Gasteiger partial charge is 0.497 e. The molecule has 112 valence electrons. The number of rotatable bonds is 4. The van der Waals surface area contributed by atoms with Crippen molar-refractivity contribution in [2.75, 3.05) is 14.2 Å². The van der Waals surface area contributed by atoms with Crippen molar-refractivity contribution in [3.8, 4) is 17.1 Å². The monoisotopic (exact) mass is 296 g/mol. The Morgan fingerprint density at radius 2 is 1.91 bits per heavy atom. The van der Waals surface area contributed by atoms with Gasteiger partial charge in [0.05, 0.1) is 20.6 Å². The van der Waals surface area contributed by atoms with Gasteiger partial charge in [0.2, 0.25) is 0 Å². The summed E-state index contributed by atoms with van der Waals surface area (Å²) >= 11 is 0. The molecular formula is C18H16O4. The number of esters is 1. The summed E-state index contributed by atoms with van der Waals surface area (Å²) < 4.78 is 15.9. The smallest absolute Gasteiger partial charge is 0.310 e. The van der Waals surface area contributed by atoms with E-state index < -0.39 is 0 Å². The second kappa shape index (κ2) is 5.93. The van der Waals surface area contributed by atoms with Gasteiger partial charge in [-0.15, -0.1) is 0 Å². The summed E-state index contributed by atoms with van der Waals surface area (Å²) in [4.78, 5) is 11.5. The molecule has 0 bridgehead atoms. The van der Waals surface area contributed by atoms with Gasteiger partial charge in [-0.05, 0) is 18.2 Å². The number of carbonyl (C=O) groups excluding carboxylic acids is 1. The Morgan fingerprint density at radius 1 is 1.09 bits per heavy atom. The average molecular weight is 296 g/mol. The molecule has 1 heterocycles. The molecule has 0 radical (unpaired) electrons. The number of methoxy groups -OCH3 is 2. The molecule has 0 amide bonds. The van der Waals surface area contributed by atoms with E-state index in [1.807, 2.05) is 48.5 Å². The van der Waals surface area contributed by atoms with Gasteiger partial charge in [-0.2, -0.15) is 0 Å². The van der Waals surface area contributed by atoms with Crippen LogP contribution in [0.15, 0.2) is 52.9 Å². The molecule has 4 heteroatoms. The van der Waals surface area contributed by atoms with Gasteiger partial charge in [-0.25, -0.2) is 0 Å². The van der Waals surface area contributed by atoms with Gasteiger partial charge in [0.25, 0.3) is 0 Å². The molecule has 0 spiro atoms. The molecule has 0 atom stereocenters. The topological polar surface area (TPSA) is 48.7 Å². The number of furan rings is 1. The van der Waals surface area contributed by atoms with Crippen molar-refractivity contribution in [2.24, 2.45) is 0 Å². The van der Waals surface area contributed by atoms with Gasteiger partial charge in [-0.3, -0.25) is 4.79 Å². The van der Waals surface area contributed by atoms with Crippen molar-refractivity contribution in [3.05, 3.63) is 54.1 Å². The van der Waals surface area contributed by atoms with Crippen LogP contribution in [0.3, 0.4) is 0 Å². The molecule has 0 aliphatic carbocycles. The van der Waals surface area contributed by atoms with Crippen LogP contribution in [0.2, 0.25) is 0 Å². The summed E-state index contributed by atoms with van der Waals surface area (Å²) in [5.74, 6) is 1.23. The van der Waals surface area contributed by atoms with E-state index in [1.54, 1.807) is 7.11 Å². The first-order valence-electron chi connectivity index (χ1n) is 6.94. The van der Waals surface area contributed by atoms with Crippen LogP contribution in [0.4, 0.5) is 0 Å². The lowest BCUT2D eigenvalue weighted by Crippen LogP contribution is -2.04. The van der Waals surface area contributed by atoms with E-state index in [0.29, 0.717) is 5.58 Å². The highest BCUT2D eigenvalue weighted by molar-refractivity contribution is 5.88. The lowest BCUT2D eigenvalue weighted by molar-refractivity contribution is -0.139. The second-order valence-corrected chi connectivity index (χ2v) is 4.93. The van der Waals surface area contributed by atoms with Crippen LogP contribution in [-0.4, -0.2) is 20.2 Å². The van der Waals surface area contributed by atoms with Gasteiger partial charge < -0.3 is 13.9 Å². The van der Waals surface area contributed by atoms with E-state index in [9.17, 15) is 4.79 Å². The number of fused-ring (bicyclic) bond motifs is 1. The predicted octanol–water partition coefficient (Wildman–Crippen LogP) is 3.82. The standard InChI is InChI=1S/C18H16O4/c1-20-15-8-4-5-12(9-15)16-10-13-6-3-7-14(18(13)22-16)11-17(19)21-2/h3-10H,11H2,1-2H3. The molecule has 3 rings (SSSR count). The Balaban J connectivity index is 2.05. The lowest BCUT2D eigenvalue weighted by atomic mass is 10.1. The van der Waals surface area contributed by atoms with Gasteiger partial charge in [0.15, 0.2) is 0 Å². The van der Waals surface area contributed by atoms with E-state index in [-0.39, 0.29) is 12.4 Å². The third kappa shape index (κ3) is 2.68. The van der Waals surface area contributed by atoms with Crippen LogP contribution < -0.4 is 4.74 Å². The normalized spacial score (nSPS) is 10.6. The first-order chi connectivity index (χ1) is 10.7. The minimum Gasteiger partial charge on any atom is -0.497 e. The molecule has 0 saturated heterocycles. The van der Waals surface area contributed by atoms with Crippen molar-refractivity contribution in [2.45, 2.75) is 6.42 Å². The Hall–Kier alpha value is -2.75. The zero-order valence-corrected chi connectivity index (χ0v) is 12.5. The van der Waals surface area contributed by atoms with Gasteiger partial charge in [0.1, 0.15) is 17.1 Å². The Morgan fingerprint density at radius 3 is 2.68 bits per heavy atom. The summed E-state index contributed by atoms with van der Waals surface area (Å²) in [6.07, 6.45) is 0.193. The molecule has 0 unspecified atom stereocenters. The number of hydrogen-bond donors (Lipinski definition) is 0. The molecule has 0 N–H and O–H groups in total. The van der Waals surface area contributed by atoms with Gasteiger partial charge in [0, 0.05) is 16.5 Å². The molecule has 4 nitrogen and oxygen atoms in total. The second-order valence-electron chi connectivity index (χ2n) is 4.93. The Kier molecular flexibility index (Phi) is 3.83. The summed E-state index contributed by atoms with van der Waals surface area (Å²) in [6, 6.07) is 15.4. The zero-order valence-electron chi connectivity index (χ0n) is 12.5. The highest BCUT2D eigenvalue weighted by Gasteiger charge is 2.13. The highest BCUT2D eigenvalue weighted by Crippen LogP contribution is 2.31. The van der Waals surface area contributed by atoms with E-state index in [0.717, 1.165) is 28.0 Å². The maximum absolute atomic E-state index is 11.5. The number of carbonyl (C=O) groups is 1. The minimum atomic E-state index is -0.285. The molecule has 0 saturated carbocycles. The van der Waals surface area contributed by atoms with E-state index in [4.69, 9.17) is 13.9 Å². The third-order valence-electron chi connectivity index (χ3n) is 3.54. The molecule has 2 aromatic carbocycles. The quantitative estimate of drug-likeness (QED) is 0.687. The summed E-state index contributed by atoms with van der Waals surface area (Å²) in [6.45, 7) is 0. The zero-order chi connectivity index (χ0) is 15.5. The summed E-state index contributed by atoms with van der Waals surface area (Å²) in [5.41, 5.74) is 2.46. The van der Waals surface area contributed by atoms with Crippen molar-refractivity contribution in [3.63, 3.8) is 0 Å². The Bertz CT molecular complexity index is 817. The first kappa shape index (κ1) is 14.2. The van der Waals surface area contributed by atoms with Crippen LogP contribution in [0.25, 0.3) is 22.3 Å². The number of benzene rings is 2. The SMILES string of the molecule is COC(=O)Cc1cccc2cc(-c3cccc(OC)c3)oc12. The molecule has 0 aliphatic heterocycles. The van der Waals surface area contributed by atoms with Crippen molar-refractivity contribution < 1.29 is 18.7 Å². The molecular weight excluding hydrogens is 280 g/mol. The van der Waals surface area contributed by atoms with Gasteiger partial charge in [-0.1, -0.05) is 30.3 Å². The molecule has 0 fully saturated rings. The summed E-state index contributed by atoms with van der Waals surface area (Å²) in [7, 11) is 3.01. The maximum Gasteiger partial charge on any atom is 0.310 e. The predicted molar refractivity (Wildman–Crippen MR) is 83.9 cm³/mol. The number of hydrogen-bond acceptors (Lipinski definition) is 4. The highest BCUT2D eigenvalue weighted by atomic mass is 16.5. The molecule has 0 aliphatic rings. The first-order valence-corrected chi connectivity index (χ1v) is 6.94. The molecule has 1 aromatic heterocycles. The average Bonchev–Trinajstić information content (AvgIpc) is 3.00. The van der Waals surface area contributed by atoms with Crippen LogP contribution in [0, 0.1) is 0 Å². The lowest BCUT2D eigenvalue weighted by Gasteiger charge is -2.02. The maximum atomic E-state index is 11.5. The minimum absolute atomic E-state index is 0.193. The van der Waals surface area contributed by atoms with E-state index in [2.05, 4.69) is 0 Å². The summed E-state index contributed by atoms with van der Waals surface area (Å²) in [5, 5.41) is 0.958. The fourth-order valence-electron chi connectivity index (χ4n) is 2.41. The van der Waals surface area contributed by atoms with Crippen LogP contribution in [0.1, 0.15) is 5.56 Å². The van der Waals surface area contributed by atoms with Crippen LogP contribution in [-0.2, 0) is 16.0 Å². The van der Waals surface area contributed by atoms with Crippen LogP contribution >= 0.6 is 0 Å². The van der Waals surface area contributed by atoms with Crippen molar-refractivity contribution >= 4 is 16.9 Å². The third-order valence-corrected chi connectivity index (χ3v) is 3.54. The Labute approximate surface area is 128 Å². The van der Waals surface area contributed by atoms with Crippen molar-refractivity contribution in [1.29, 1.82) is 0 Å². The molecule has 3 aromatic rings. The van der Waals surface area contributed by atoms with E-state index >= 15 is 0 Å².